The molecule has 0 aliphatic heterocycles. The number of nitrogens with zero attached hydrogens (tertiary/aromatic N) is 3. The van der Waals surface area contributed by atoms with Gasteiger partial charge >= 0.3 is 5.97 Å². The Labute approximate surface area is 98.3 Å². The van der Waals surface area contributed by atoms with Crippen LogP contribution in [-0.2, 0) is 16.0 Å². The predicted molar refractivity (Wildman–Crippen MR) is 61.3 cm³/mol. The second kappa shape index (κ2) is 6.08. The topological polar surface area (TPSA) is 66.2 Å². The number of rotatable bonds is 5. The lowest BCUT2D eigenvalue weighted by atomic mass is 10.3. The Hall–Kier alpha value is -1.61. The van der Waals surface area contributed by atoms with Crippen molar-refractivity contribution in [2.45, 2.75) is 12.8 Å². The third-order valence-electron chi connectivity index (χ3n) is 1.98. The number of thiazole rings is 1. The van der Waals surface area contributed by atoms with Crippen LogP contribution >= 0.6 is 11.3 Å². The van der Waals surface area contributed by atoms with Crippen LogP contribution in [0.5, 0.6) is 0 Å². The van der Waals surface area contributed by atoms with E-state index in [4.69, 9.17) is 5.26 Å². The molecule has 1 aromatic heterocycles. The molecular weight excluding hydrogens is 226 g/mol. The summed E-state index contributed by atoms with van der Waals surface area (Å²) in [4.78, 5) is 17.2. The smallest absolute Gasteiger partial charge is 0.311 e. The summed E-state index contributed by atoms with van der Waals surface area (Å²) in [7, 11) is 3.23. The average Bonchev–Trinajstić information content (AvgIpc) is 2.74. The van der Waals surface area contributed by atoms with E-state index in [9.17, 15) is 4.79 Å². The second-order valence-corrected chi connectivity index (χ2v) is 4.04. The number of carbonyl (C=O) groups excluding carboxylic acids is 1. The third kappa shape index (κ3) is 3.51. The van der Waals surface area contributed by atoms with E-state index in [0.717, 1.165) is 5.13 Å². The first-order valence-electron chi connectivity index (χ1n) is 4.76. The summed E-state index contributed by atoms with van der Waals surface area (Å²) < 4.78 is 4.56. The van der Waals surface area contributed by atoms with Gasteiger partial charge in [-0.05, 0) is 0 Å². The van der Waals surface area contributed by atoms with Crippen molar-refractivity contribution >= 4 is 22.4 Å². The first-order chi connectivity index (χ1) is 7.67. The molecule has 0 aliphatic rings. The van der Waals surface area contributed by atoms with Crippen molar-refractivity contribution in [2.24, 2.45) is 0 Å². The molecule has 0 N–H and O–H groups in total. The van der Waals surface area contributed by atoms with Crippen molar-refractivity contribution in [1.82, 2.24) is 4.98 Å². The van der Waals surface area contributed by atoms with Crippen LogP contribution in [0.15, 0.2) is 5.38 Å². The molecular formula is C10H13N3O2S. The Morgan fingerprint density at radius 1 is 1.75 bits per heavy atom. The van der Waals surface area contributed by atoms with Gasteiger partial charge in [0.1, 0.15) is 0 Å². The summed E-state index contributed by atoms with van der Waals surface area (Å²) in [6.07, 6.45) is 0.654. The molecule has 6 heteroatoms. The number of nitriles is 1. The fourth-order valence-electron chi connectivity index (χ4n) is 1.09. The summed E-state index contributed by atoms with van der Waals surface area (Å²) in [6, 6.07) is 2.08. The highest BCUT2D eigenvalue weighted by Gasteiger charge is 2.09. The van der Waals surface area contributed by atoms with Gasteiger partial charge in [-0.25, -0.2) is 4.98 Å². The quantitative estimate of drug-likeness (QED) is 0.722. The van der Waals surface area contributed by atoms with E-state index >= 15 is 0 Å². The van der Waals surface area contributed by atoms with Gasteiger partial charge < -0.3 is 9.64 Å². The van der Waals surface area contributed by atoms with Crippen LogP contribution in [0, 0.1) is 11.3 Å². The van der Waals surface area contributed by atoms with Crippen LogP contribution in [0.1, 0.15) is 12.1 Å². The number of esters is 1. The van der Waals surface area contributed by atoms with Crippen LogP contribution in [0.25, 0.3) is 0 Å². The fraction of sp³-hybridized carbons (Fsp3) is 0.500. The van der Waals surface area contributed by atoms with Gasteiger partial charge in [0.05, 0.1) is 31.7 Å². The van der Waals surface area contributed by atoms with Crippen LogP contribution in [0.2, 0.25) is 0 Å². The van der Waals surface area contributed by atoms with Crippen LogP contribution in [0.4, 0.5) is 5.13 Å². The van der Waals surface area contributed by atoms with Crippen molar-refractivity contribution < 1.29 is 9.53 Å². The molecule has 0 saturated carbocycles. The zero-order chi connectivity index (χ0) is 12.0. The van der Waals surface area contributed by atoms with E-state index in [1.165, 1.54) is 18.4 Å². The number of ether oxygens (including phenoxy) is 1. The maximum absolute atomic E-state index is 11.0. The summed E-state index contributed by atoms with van der Waals surface area (Å²) in [5.41, 5.74) is 0.704. The third-order valence-corrected chi connectivity index (χ3v) is 2.98. The van der Waals surface area contributed by atoms with Gasteiger partial charge in [-0.2, -0.15) is 5.26 Å². The molecule has 0 spiro atoms. The summed E-state index contributed by atoms with van der Waals surface area (Å²) in [6.45, 7) is 0.641. The normalized spacial score (nSPS) is 9.56. The van der Waals surface area contributed by atoms with E-state index in [0.29, 0.717) is 18.7 Å². The lowest BCUT2D eigenvalue weighted by Gasteiger charge is -2.12. The molecule has 5 nitrogen and oxygen atoms in total. The van der Waals surface area contributed by atoms with E-state index in [1.54, 1.807) is 0 Å². The summed E-state index contributed by atoms with van der Waals surface area (Å²) in [5, 5.41) is 11.1. The summed E-state index contributed by atoms with van der Waals surface area (Å²) >= 11 is 1.46. The monoisotopic (exact) mass is 239 g/mol. The molecule has 1 aromatic rings. The van der Waals surface area contributed by atoms with Crippen LogP contribution in [0.3, 0.4) is 0 Å². The lowest BCUT2D eigenvalue weighted by molar-refractivity contribution is -0.139. The van der Waals surface area contributed by atoms with Crippen molar-refractivity contribution in [3.8, 4) is 6.07 Å². The molecule has 0 radical (unpaired) electrons. The Balaban J connectivity index is 2.57. The number of aromatic nitrogens is 1. The molecule has 0 amide bonds. The number of carbonyl (C=O) groups is 1. The average molecular weight is 239 g/mol. The van der Waals surface area contributed by atoms with Gasteiger partial charge in [0.25, 0.3) is 0 Å². The highest BCUT2D eigenvalue weighted by Crippen LogP contribution is 2.19. The molecule has 0 bridgehead atoms. The SMILES string of the molecule is COC(=O)Cc1csc(N(C)CCC#N)n1. The molecule has 0 unspecified atom stereocenters. The van der Waals surface area contributed by atoms with Crippen molar-refractivity contribution in [1.29, 1.82) is 5.26 Å². The zero-order valence-corrected chi connectivity index (χ0v) is 10.1. The molecule has 1 heterocycles. The molecule has 0 atom stereocenters. The van der Waals surface area contributed by atoms with Crippen molar-refractivity contribution in [3.63, 3.8) is 0 Å². The summed E-state index contributed by atoms with van der Waals surface area (Å²) in [5.74, 6) is -0.295. The fourth-order valence-corrected chi connectivity index (χ4v) is 1.90. The first kappa shape index (κ1) is 12.5. The largest absolute Gasteiger partial charge is 0.469 e. The minimum Gasteiger partial charge on any atom is -0.469 e. The van der Waals surface area contributed by atoms with E-state index in [1.807, 2.05) is 17.3 Å². The highest BCUT2D eigenvalue weighted by molar-refractivity contribution is 7.13. The predicted octanol–water partition coefficient (Wildman–Crippen LogP) is 1.21. The molecule has 86 valence electrons. The minimum absolute atomic E-state index is 0.194. The Kier molecular flexibility index (Phi) is 4.73. The van der Waals surface area contributed by atoms with Gasteiger partial charge in [-0.15, -0.1) is 11.3 Å². The number of hydrogen-bond acceptors (Lipinski definition) is 6. The number of anilines is 1. The van der Waals surface area contributed by atoms with E-state index in [-0.39, 0.29) is 12.4 Å². The van der Waals surface area contributed by atoms with Gasteiger partial charge in [0.15, 0.2) is 5.13 Å². The molecule has 0 aliphatic carbocycles. The first-order valence-corrected chi connectivity index (χ1v) is 5.64. The standard InChI is InChI=1S/C10H13N3O2S/c1-13(5-3-4-11)10-12-8(7-16-10)6-9(14)15-2/h7H,3,5-6H2,1-2H3. The van der Waals surface area contributed by atoms with Crippen LogP contribution < -0.4 is 4.90 Å². The van der Waals surface area contributed by atoms with Gasteiger partial charge in [-0.3, -0.25) is 4.79 Å². The molecule has 0 aromatic carbocycles. The zero-order valence-electron chi connectivity index (χ0n) is 9.27. The molecule has 0 fully saturated rings. The molecule has 0 saturated heterocycles. The Morgan fingerprint density at radius 3 is 3.12 bits per heavy atom. The second-order valence-electron chi connectivity index (χ2n) is 3.20. The Morgan fingerprint density at radius 2 is 2.50 bits per heavy atom. The highest BCUT2D eigenvalue weighted by atomic mass is 32.1. The van der Waals surface area contributed by atoms with E-state index < -0.39 is 0 Å². The van der Waals surface area contributed by atoms with Crippen LogP contribution in [-0.4, -0.2) is 31.7 Å². The molecule has 16 heavy (non-hydrogen) atoms. The molecule has 1 rings (SSSR count). The number of hydrogen-bond donors (Lipinski definition) is 0. The maximum atomic E-state index is 11.0. The minimum atomic E-state index is -0.295. The van der Waals surface area contributed by atoms with Crippen molar-refractivity contribution in [3.05, 3.63) is 11.1 Å². The van der Waals surface area contributed by atoms with Gasteiger partial charge in [0.2, 0.25) is 0 Å². The number of methoxy groups -OCH3 is 1. The lowest BCUT2D eigenvalue weighted by Crippen LogP contribution is -2.17. The van der Waals surface area contributed by atoms with Gasteiger partial charge in [0, 0.05) is 19.0 Å². The Bertz CT molecular complexity index is 397. The maximum Gasteiger partial charge on any atom is 0.311 e. The van der Waals surface area contributed by atoms with E-state index in [2.05, 4.69) is 15.8 Å². The van der Waals surface area contributed by atoms with Crippen molar-refractivity contribution in [2.75, 3.05) is 25.6 Å². The van der Waals surface area contributed by atoms with Gasteiger partial charge in [-0.1, -0.05) is 0 Å².